The standard InChI is InChI=1S/C21H21N3O6/c1-24-14-8-6-5-7-13(14)19(25)18(21(24)27)20(26)23-22-11-12-9-16(29-3)17(30-4)10-15(12)28-2/h5-11,25H,1-4H3,(H,23,26)/b22-11+. The highest BCUT2D eigenvalue weighted by molar-refractivity contribution is 6.02. The highest BCUT2D eigenvalue weighted by Crippen LogP contribution is 2.33. The highest BCUT2D eigenvalue weighted by Gasteiger charge is 2.20. The quantitative estimate of drug-likeness (QED) is 0.474. The van der Waals surface area contributed by atoms with E-state index in [1.165, 1.54) is 39.2 Å². The number of hydrogen-bond acceptors (Lipinski definition) is 7. The van der Waals surface area contributed by atoms with Crippen LogP contribution in [-0.4, -0.2) is 43.1 Å². The fourth-order valence-electron chi connectivity index (χ4n) is 3.05. The normalized spacial score (nSPS) is 10.9. The maximum atomic E-state index is 12.6. The van der Waals surface area contributed by atoms with E-state index in [2.05, 4.69) is 10.5 Å². The Morgan fingerprint density at radius 2 is 1.70 bits per heavy atom. The first-order chi connectivity index (χ1) is 14.4. The maximum absolute atomic E-state index is 12.6. The van der Waals surface area contributed by atoms with Gasteiger partial charge in [-0.1, -0.05) is 12.1 Å². The van der Waals surface area contributed by atoms with Crippen molar-refractivity contribution in [2.75, 3.05) is 21.3 Å². The van der Waals surface area contributed by atoms with Gasteiger partial charge in [0, 0.05) is 24.1 Å². The predicted molar refractivity (Wildman–Crippen MR) is 112 cm³/mol. The van der Waals surface area contributed by atoms with Crippen molar-refractivity contribution in [3.8, 4) is 23.0 Å². The van der Waals surface area contributed by atoms with E-state index in [0.717, 1.165) is 0 Å². The summed E-state index contributed by atoms with van der Waals surface area (Å²) in [7, 11) is 6.00. The van der Waals surface area contributed by atoms with Crippen molar-refractivity contribution >= 4 is 23.0 Å². The number of pyridine rings is 1. The molecular formula is C21H21N3O6. The van der Waals surface area contributed by atoms with E-state index < -0.39 is 22.8 Å². The first kappa shape index (κ1) is 20.7. The second-order valence-electron chi connectivity index (χ2n) is 6.25. The van der Waals surface area contributed by atoms with Crippen LogP contribution in [0, 0.1) is 0 Å². The molecule has 2 N–H and O–H groups in total. The molecule has 1 amide bonds. The van der Waals surface area contributed by atoms with E-state index in [0.29, 0.717) is 33.7 Å². The number of carbonyl (C=O) groups excluding carboxylic acids is 1. The average molecular weight is 411 g/mol. The van der Waals surface area contributed by atoms with Crippen molar-refractivity contribution < 1.29 is 24.1 Å². The Bertz CT molecular complexity index is 1200. The molecule has 2 aromatic carbocycles. The van der Waals surface area contributed by atoms with Crippen LogP contribution in [0.2, 0.25) is 0 Å². The molecule has 3 aromatic rings. The molecule has 0 aliphatic carbocycles. The lowest BCUT2D eigenvalue weighted by molar-refractivity contribution is 0.0950. The van der Waals surface area contributed by atoms with Gasteiger partial charge < -0.3 is 23.9 Å². The lowest BCUT2D eigenvalue weighted by Gasteiger charge is -2.12. The molecule has 0 atom stereocenters. The number of amides is 1. The number of aromatic nitrogens is 1. The van der Waals surface area contributed by atoms with Crippen molar-refractivity contribution in [1.29, 1.82) is 0 Å². The van der Waals surface area contributed by atoms with Gasteiger partial charge in [-0.05, 0) is 18.2 Å². The molecule has 0 saturated heterocycles. The van der Waals surface area contributed by atoms with E-state index in [9.17, 15) is 14.7 Å². The fraction of sp³-hybridized carbons (Fsp3) is 0.190. The van der Waals surface area contributed by atoms with Gasteiger partial charge >= 0.3 is 0 Å². The number of hydrazone groups is 1. The van der Waals surface area contributed by atoms with Crippen molar-refractivity contribution in [3.05, 3.63) is 57.9 Å². The number of methoxy groups -OCH3 is 3. The van der Waals surface area contributed by atoms with E-state index in [1.807, 2.05) is 0 Å². The number of para-hydroxylation sites is 1. The Morgan fingerprint density at radius 1 is 1.07 bits per heavy atom. The van der Waals surface area contributed by atoms with Gasteiger partial charge in [-0.25, -0.2) is 5.43 Å². The molecule has 0 saturated carbocycles. The number of rotatable bonds is 6. The molecule has 0 unspecified atom stereocenters. The molecular weight excluding hydrogens is 390 g/mol. The second-order valence-corrected chi connectivity index (χ2v) is 6.25. The minimum Gasteiger partial charge on any atom is -0.506 e. The highest BCUT2D eigenvalue weighted by atomic mass is 16.5. The number of benzene rings is 2. The molecule has 9 heteroatoms. The molecule has 0 fully saturated rings. The van der Waals surface area contributed by atoms with Crippen molar-refractivity contribution in [2.45, 2.75) is 0 Å². The molecule has 3 rings (SSSR count). The molecule has 0 aliphatic heterocycles. The van der Waals surface area contributed by atoms with E-state index in [4.69, 9.17) is 14.2 Å². The van der Waals surface area contributed by atoms with Gasteiger partial charge in [-0.3, -0.25) is 9.59 Å². The van der Waals surface area contributed by atoms with E-state index >= 15 is 0 Å². The van der Waals surface area contributed by atoms with Crippen LogP contribution in [0.3, 0.4) is 0 Å². The summed E-state index contributed by atoms with van der Waals surface area (Å²) in [6, 6.07) is 9.99. The van der Waals surface area contributed by atoms with Gasteiger partial charge in [0.15, 0.2) is 11.5 Å². The zero-order valence-corrected chi connectivity index (χ0v) is 16.9. The summed E-state index contributed by atoms with van der Waals surface area (Å²) in [4.78, 5) is 25.1. The third-order valence-corrected chi connectivity index (χ3v) is 4.61. The van der Waals surface area contributed by atoms with Crippen LogP contribution in [0.4, 0.5) is 0 Å². The fourth-order valence-corrected chi connectivity index (χ4v) is 3.05. The molecule has 1 heterocycles. The molecule has 30 heavy (non-hydrogen) atoms. The predicted octanol–water partition coefficient (Wildman–Crippen LogP) is 2.03. The minimum atomic E-state index is -0.838. The van der Waals surface area contributed by atoms with Gasteiger partial charge in [-0.2, -0.15) is 5.10 Å². The van der Waals surface area contributed by atoms with Gasteiger partial charge in [-0.15, -0.1) is 0 Å². The summed E-state index contributed by atoms with van der Waals surface area (Å²) in [5.41, 5.74) is 2.25. The number of hydrogen-bond donors (Lipinski definition) is 2. The lowest BCUT2D eigenvalue weighted by atomic mass is 10.1. The maximum Gasteiger partial charge on any atom is 0.280 e. The second kappa shape index (κ2) is 8.56. The van der Waals surface area contributed by atoms with Crippen LogP contribution in [0.15, 0.2) is 46.3 Å². The first-order valence-electron chi connectivity index (χ1n) is 8.87. The van der Waals surface area contributed by atoms with Crippen LogP contribution in [0.1, 0.15) is 15.9 Å². The van der Waals surface area contributed by atoms with E-state index in [-0.39, 0.29) is 0 Å². The number of nitrogens with one attached hydrogen (secondary N) is 1. The lowest BCUT2D eigenvalue weighted by Crippen LogP contribution is -2.30. The summed E-state index contributed by atoms with van der Waals surface area (Å²) in [5, 5.41) is 14.7. The van der Waals surface area contributed by atoms with Crippen LogP contribution < -0.4 is 25.2 Å². The number of nitrogens with zero attached hydrogens (tertiary/aromatic N) is 2. The summed E-state index contributed by atoms with van der Waals surface area (Å²) in [5.74, 6) is 0.127. The average Bonchev–Trinajstić information content (AvgIpc) is 2.77. The molecule has 0 spiro atoms. The smallest absolute Gasteiger partial charge is 0.280 e. The first-order valence-corrected chi connectivity index (χ1v) is 8.87. The van der Waals surface area contributed by atoms with E-state index in [1.54, 1.807) is 36.4 Å². The van der Waals surface area contributed by atoms with Gasteiger partial charge in [0.25, 0.3) is 11.5 Å². The Morgan fingerprint density at radius 3 is 2.37 bits per heavy atom. The third kappa shape index (κ3) is 3.64. The molecule has 1 aromatic heterocycles. The minimum absolute atomic E-state index is 0.385. The number of aryl methyl sites for hydroxylation is 1. The van der Waals surface area contributed by atoms with Crippen molar-refractivity contribution in [3.63, 3.8) is 0 Å². The summed E-state index contributed by atoms with van der Waals surface area (Å²) < 4.78 is 17.1. The van der Waals surface area contributed by atoms with Gasteiger partial charge in [0.1, 0.15) is 17.1 Å². The largest absolute Gasteiger partial charge is 0.506 e. The zero-order chi connectivity index (χ0) is 21.8. The molecule has 0 bridgehead atoms. The Labute approximate surface area is 172 Å². The van der Waals surface area contributed by atoms with Crippen LogP contribution in [0.25, 0.3) is 10.9 Å². The molecule has 156 valence electrons. The Balaban J connectivity index is 1.93. The molecule has 0 aliphatic rings. The Kier molecular flexibility index (Phi) is 5.91. The number of carbonyl (C=O) groups is 1. The summed E-state index contributed by atoms with van der Waals surface area (Å²) in [6.07, 6.45) is 1.33. The number of ether oxygens (including phenoxy) is 3. The molecule has 9 nitrogen and oxygen atoms in total. The topological polar surface area (TPSA) is 111 Å². The summed E-state index contributed by atoms with van der Waals surface area (Å²) >= 11 is 0. The summed E-state index contributed by atoms with van der Waals surface area (Å²) in [6.45, 7) is 0. The Hall–Kier alpha value is -4.01. The van der Waals surface area contributed by atoms with Gasteiger partial charge in [0.2, 0.25) is 0 Å². The molecule has 0 radical (unpaired) electrons. The monoisotopic (exact) mass is 411 g/mol. The zero-order valence-electron chi connectivity index (χ0n) is 16.9. The van der Waals surface area contributed by atoms with Crippen LogP contribution in [-0.2, 0) is 7.05 Å². The number of fused-ring (bicyclic) bond motifs is 1. The van der Waals surface area contributed by atoms with Crippen molar-refractivity contribution in [2.24, 2.45) is 12.1 Å². The van der Waals surface area contributed by atoms with Crippen LogP contribution >= 0.6 is 0 Å². The van der Waals surface area contributed by atoms with Gasteiger partial charge in [0.05, 0.1) is 33.1 Å². The SMILES string of the molecule is COc1cc(OC)c(OC)cc1/C=N/NC(=O)c1c(O)c2ccccc2n(C)c1=O. The third-order valence-electron chi connectivity index (χ3n) is 4.61. The van der Waals surface area contributed by atoms with Crippen LogP contribution in [0.5, 0.6) is 23.0 Å². The van der Waals surface area contributed by atoms with Crippen molar-refractivity contribution in [1.82, 2.24) is 9.99 Å². The number of aromatic hydroxyl groups is 1.